The average molecular weight is 328 g/mol. The van der Waals surface area contributed by atoms with Gasteiger partial charge in [0.05, 0.1) is 5.41 Å². The van der Waals surface area contributed by atoms with E-state index in [0.717, 1.165) is 5.56 Å². The largest absolute Gasteiger partial charge is 0.369 e. The Bertz CT molecular complexity index is 688. The molecule has 0 aliphatic heterocycles. The Labute approximate surface area is 141 Å². The summed E-state index contributed by atoms with van der Waals surface area (Å²) in [6.07, 6.45) is 1.59. The zero-order chi connectivity index (χ0) is 17.6. The van der Waals surface area contributed by atoms with Crippen molar-refractivity contribution in [3.05, 3.63) is 66.0 Å². The van der Waals surface area contributed by atoms with Crippen LogP contribution in [0.15, 0.2) is 54.6 Å². The SMILES string of the molecule is C[C@@](CCN(C=O)c1ccc(F)cc1)(Cc1ccccc1)C(N)=O. The van der Waals surface area contributed by atoms with Gasteiger partial charge in [0, 0.05) is 12.2 Å². The van der Waals surface area contributed by atoms with Crippen LogP contribution in [0.3, 0.4) is 0 Å². The predicted molar refractivity (Wildman–Crippen MR) is 91.9 cm³/mol. The molecule has 2 amide bonds. The second-order valence-electron chi connectivity index (χ2n) is 6.11. The number of carbonyl (C=O) groups is 2. The van der Waals surface area contributed by atoms with Crippen molar-refractivity contribution in [1.29, 1.82) is 0 Å². The molecule has 0 saturated carbocycles. The summed E-state index contributed by atoms with van der Waals surface area (Å²) in [7, 11) is 0. The number of halogens is 1. The van der Waals surface area contributed by atoms with Crippen molar-refractivity contribution in [2.45, 2.75) is 19.8 Å². The highest BCUT2D eigenvalue weighted by atomic mass is 19.1. The Kier molecular flexibility index (Phi) is 5.68. The van der Waals surface area contributed by atoms with E-state index in [1.54, 1.807) is 6.92 Å². The van der Waals surface area contributed by atoms with Crippen molar-refractivity contribution < 1.29 is 14.0 Å². The van der Waals surface area contributed by atoms with Crippen LogP contribution in [-0.2, 0) is 16.0 Å². The molecule has 24 heavy (non-hydrogen) atoms. The van der Waals surface area contributed by atoms with Crippen molar-refractivity contribution in [3.8, 4) is 0 Å². The lowest BCUT2D eigenvalue weighted by molar-refractivity contribution is -0.127. The van der Waals surface area contributed by atoms with Gasteiger partial charge in [-0.15, -0.1) is 0 Å². The first-order chi connectivity index (χ1) is 11.4. The van der Waals surface area contributed by atoms with E-state index in [1.165, 1.54) is 29.2 Å². The molecule has 0 radical (unpaired) electrons. The summed E-state index contributed by atoms with van der Waals surface area (Å²) in [6.45, 7) is 2.12. The van der Waals surface area contributed by atoms with Crippen LogP contribution in [0.25, 0.3) is 0 Å². The first-order valence-electron chi connectivity index (χ1n) is 7.76. The van der Waals surface area contributed by atoms with Gasteiger partial charge in [-0.05, 0) is 42.7 Å². The minimum Gasteiger partial charge on any atom is -0.369 e. The number of anilines is 1. The van der Waals surface area contributed by atoms with Gasteiger partial charge in [0.1, 0.15) is 5.82 Å². The highest BCUT2D eigenvalue weighted by molar-refractivity contribution is 5.81. The number of benzene rings is 2. The molecule has 2 aromatic rings. The predicted octanol–water partition coefficient (Wildman–Crippen LogP) is 2.91. The Morgan fingerprint density at radius 3 is 2.33 bits per heavy atom. The average Bonchev–Trinajstić information content (AvgIpc) is 2.57. The molecule has 0 heterocycles. The molecule has 0 unspecified atom stereocenters. The maximum absolute atomic E-state index is 13.0. The second kappa shape index (κ2) is 7.73. The fraction of sp³-hybridized carbons (Fsp3) is 0.263. The molecule has 4 nitrogen and oxygen atoms in total. The highest BCUT2D eigenvalue weighted by Crippen LogP contribution is 2.28. The number of hydrogen-bond acceptors (Lipinski definition) is 2. The van der Waals surface area contributed by atoms with Crippen LogP contribution in [0.4, 0.5) is 10.1 Å². The standard InChI is InChI=1S/C19H21FN2O2/c1-19(18(21)24,13-15-5-3-2-4-6-15)11-12-22(14-23)17-9-7-16(20)8-10-17/h2-10,14H,11-13H2,1H3,(H2,21,24)/t19-/m1/s1. The minimum atomic E-state index is -0.775. The number of nitrogens with two attached hydrogens (primary N) is 1. The van der Waals surface area contributed by atoms with Crippen LogP contribution in [0.2, 0.25) is 0 Å². The lowest BCUT2D eigenvalue weighted by Crippen LogP contribution is -2.39. The fourth-order valence-electron chi connectivity index (χ4n) is 2.59. The van der Waals surface area contributed by atoms with Gasteiger partial charge in [-0.25, -0.2) is 4.39 Å². The number of carbonyl (C=O) groups excluding carboxylic acids is 2. The number of rotatable bonds is 8. The molecular formula is C19H21FN2O2. The van der Waals surface area contributed by atoms with Gasteiger partial charge in [0.15, 0.2) is 0 Å². The van der Waals surface area contributed by atoms with Gasteiger partial charge in [0.25, 0.3) is 0 Å². The van der Waals surface area contributed by atoms with Crippen molar-refractivity contribution in [2.24, 2.45) is 11.1 Å². The molecule has 0 aliphatic carbocycles. The van der Waals surface area contributed by atoms with E-state index in [1.807, 2.05) is 30.3 Å². The summed E-state index contributed by atoms with van der Waals surface area (Å²) < 4.78 is 13.0. The van der Waals surface area contributed by atoms with E-state index >= 15 is 0 Å². The van der Waals surface area contributed by atoms with Crippen LogP contribution in [0.1, 0.15) is 18.9 Å². The number of amides is 2. The quantitative estimate of drug-likeness (QED) is 0.757. The molecule has 0 fully saturated rings. The van der Waals surface area contributed by atoms with Crippen LogP contribution in [0, 0.1) is 11.2 Å². The Morgan fingerprint density at radius 2 is 1.79 bits per heavy atom. The molecule has 2 aromatic carbocycles. The van der Waals surface area contributed by atoms with Crippen LogP contribution in [-0.4, -0.2) is 18.9 Å². The minimum absolute atomic E-state index is 0.321. The summed E-state index contributed by atoms with van der Waals surface area (Å²) in [6, 6.07) is 15.3. The first-order valence-corrected chi connectivity index (χ1v) is 7.76. The van der Waals surface area contributed by atoms with Crippen LogP contribution < -0.4 is 10.6 Å². The Hall–Kier alpha value is -2.69. The molecule has 0 spiro atoms. The maximum Gasteiger partial charge on any atom is 0.223 e. The first kappa shape index (κ1) is 17.7. The summed E-state index contributed by atoms with van der Waals surface area (Å²) in [5, 5.41) is 0. The molecule has 0 aliphatic rings. The van der Waals surface area contributed by atoms with E-state index in [4.69, 9.17) is 5.73 Å². The zero-order valence-electron chi connectivity index (χ0n) is 13.6. The van der Waals surface area contributed by atoms with Gasteiger partial charge in [-0.1, -0.05) is 37.3 Å². The van der Waals surface area contributed by atoms with Gasteiger partial charge in [-0.3, -0.25) is 9.59 Å². The third-order valence-electron chi connectivity index (χ3n) is 4.22. The molecular weight excluding hydrogens is 307 g/mol. The second-order valence-corrected chi connectivity index (χ2v) is 6.11. The van der Waals surface area contributed by atoms with E-state index in [0.29, 0.717) is 31.5 Å². The molecule has 0 saturated heterocycles. The topological polar surface area (TPSA) is 63.4 Å². The molecule has 126 valence electrons. The van der Waals surface area contributed by atoms with Gasteiger partial charge in [-0.2, -0.15) is 0 Å². The summed E-state index contributed by atoms with van der Waals surface area (Å²) in [4.78, 5) is 24.8. The van der Waals surface area contributed by atoms with Crippen molar-refractivity contribution >= 4 is 18.0 Å². The fourth-order valence-corrected chi connectivity index (χ4v) is 2.59. The van der Waals surface area contributed by atoms with E-state index in [2.05, 4.69) is 0 Å². The van der Waals surface area contributed by atoms with E-state index in [9.17, 15) is 14.0 Å². The molecule has 1 atom stereocenters. The summed E-state index contributed by atoms with van der Waals surface area (Å²) in [5.41, 5.74) is 6.43. The van der Waals surface area contributed by atoms with Gasteiger partial charge in [0.2, 0.25) is 12.3 Å². The molecule has 0 bridgehead atoms. The van der Waals surface area contributed by atoms with E-state index < -0.39 is 11.3 Å². The summed E-state index contributed by atoms with van der Waals surface area (Å²) >= 11 is 0. The lowest BCUT2D eigenvalue weighted by atomic mass is 9.79. The number of nitrogens with zero attached hydrogens (tertiary/aromatic N) is 1. The Morgan fingerprint density at radius 1 is 1.17 bits per heavy atom. The van der Waals surface area contributed by atoms with E-state index in [-0.39, 0.29) is 5.82 Å². The number of primary amides is 1. The maximum atomic E-state index is 13.0. The van der Waals surface area contributed by atoms with Crippen molar-refractivity contribution in [3.63, 3.8) is 0 Å². The normalized spacial score (nSPS) is 13.1. The van der Waals surface area contributed by atoms with Crippen molar-refractivity contribution in [1.82, 2.24) is 0 Å². The van der Waals surface area contributed by atoms with Crippen molar-refractivity contribution in [2.75, 3.05) is 11.4 Å². The number of hydrogen-bond donors (Lipinski definition) is 1. The third-order valence-corrected chi connectivity index (χ3v) is 4.22. The van der Waals surface area contributed by atoms with Crippen LogP contribution in [0.5, 0.6) is 0 Å². The highest BCUT2D eigenvalue weighted by Gasteiger charge is 2.31. The summed E-state index contributed by atoms with van der Waals surface area (Å²) in [5.74, 6) is -0.771. The monoisotopic (exact) mass is 328 g/mol. The molecule has 2 rings (SSSR count). The zero-order valence-corrected chi connectivity index (χ0v) is 13.6. The molecule has 5 heteroatoms. The third kappa shape index (κ3) is 4.41. The van der Waals surface area contributed by atoms with Crippen LogP contribution >= 0.6 is 0 Å². The molecule has 0 aromatic heterocycles. The smallest absolute Gasteiger partial charge is 0.223 e. The molecule has 2 N–H and O–H groups in total. The lowest BCUT2D eigenvalue weighted by Gasteiger charge is -2.29. The van der Waals surface area contributed by atoms with Gasteiger partial charge < -0.3 is 10.6 Å². The Balaban J connectivity index is 2.10. The van der Waals surface area contributed by atoms with Gasteiger partial charge >= 0.3 is 0 Å².